The van der Waals surface area contributed by atoms with Gasteiger partial charge in [-0.05, 0) is 24.3 Å². The van der Waals surface area contributed by atoms with Crippen LogP contribution in [0, 0.1) is 0 Å². The Morgan fingerprint density at radius 1 is 1.28 bits per heavy atom. The minimum Gasteiger partial charge on any atom is -1.00 e. The van der Waals surface area contributed by atoms with Crippen molar-refractivity contribution >= 4 is 29.5 Å². The zero-order chi connectivity index (χ0) is 12.3. The Balaban J connectivity index is 0.00000162. The number of piperidine rings is 1. The zero-order valence-corrected chi connectivity index (χ0v) is 12.1. The van der Waals surface area contributed by atoms with Crippen molar-refractivity contribution in [3.8, 4) is 0 Å². The van der Waals surface area contributed by atoms with Gasteiger partial charge in [0.05, 0.1) is 13.1 Å². The number of hydrogen-bond donors (Lipinski definition) is 2. The smallest absolute Gasteiger partial charge is 0.511 e. The van der Waals surface area contributed by atoms with Crippen molar-refractivity contribution in [2.24, 2.45) is 0 Å². The van der Waals surface area contributed by atoms with Crippen LogP contribution in [0.25, 0.3) is 0 Å². The van der Waals surface area contributed by atoms with E-state index in [9.17, 15) is 4.79 Å². The largest absolute Gasteiger partial charge is 1.00 e. The van der Waals surface area contributed by atoms with Crippen LogP contribution in [0.15, 0.2) is 29.2 Å². The molecule has 1 fully saturated rings. The summed E-state index contributed by atoms with van der Waals surface area (Å²) in [7, 11) is 0. The molecular weight excluding hydrogens is 293 g/mol. The van der Waals surface area contributed by atoms with E-state index in [1.54, 1.807) is 0 Å². The second kappa shape index (κ2) is 7.24. The summed E-state index contributed by atoms with van der Waals surface area (Å²) < 4.78 is 0. The molecule has 0 radical (unpaired) electrons. The highest BCUT2D eigenvalue weighted by molar-refractivity contribution is 8.00. The topological polar surface area (TPSA) is 41.7 Å². The van der Waals surface area contributed by atoms with Crippen molar-refractivity contribution < 1.29 is 27.2 Å². The number of halogens is 2. The molecule has 1 amide bonds. The van der Waals surface area contributed by atoms with Crippen LogP contribution in [-0.2, 0) is 0 Å². The quantitative estimate of drug-likeness (QED) is 0.749. The van der Waals surface area contributed by atoms with Crippen molar-refractivity contribution in [1.82, 2.24) is 0 Å². The Labute approximate surface area is 122 Å². The molecule has 100 valence electrons. The van der Waals surface area contributed by atoms with E-state index in [1.807, 2.05) is 36.0 Å². The van der Waals surface area contributed by atoms with Crippen LogP contribution in [-0.4, -0.2) is 29.5 Å². The van der Waals surface area contributed by atoms with Crippen LogP contribution in [0.4, 0.5) is 4.79 Å². The molecule has 1 heterocycles. The van der Waals surface area contributed by atoms with Gasteiger partial charge in [0, 0.05) is 28.0 Å². The summed E-state index contributed by atoms with van der Waals surface area (Å²) in [6.45, 7) is 1.45. The van der Waals surface area contributed by atoms with Gasteiger partial charge in [-0.1, -0.05) is 11.6 Å². The number of quaternary nitrogens is 1. The highest BCUT2D eigenvalue weighted by Crippen LogP contribution is 2.28. The Kier molecular flexibility index (Phi) is 6.29. The first-order chi connectivity index (χ1) is 8.15. The second-order valence-corrected chi connectivity index (χ2v) is 5.99. The molecule has 0 unspecified atom stereocenters. The zero-order valence-electron chi connectivity index (χ0n) is 9.73. The summed E-state index contributed by atoms with van der Waals surface area (Å²) in [4.78, 5) is 12.7. The number of likely N-dealkylation sites (tertiary alicyclic amines) is 1. The first-order valence-corrected chi connectivity index (χ1v) is 6.91. The van der Waals surface area contributed by atoms with E-state index in [1.165, 1.54) is 4.90 Å². The molecule has 0 aliphatic carbocycles. The molecule has 0 bridgehead atoms. The maximum Gasteiger partial charge on any atom is 0.511 e. The van der Waals surface area contributed by atoms with Gasteiger partial charge >= 0.3 is 6.09 Å². The second-order valence-electron chi connectivity index (χ2n) is 4.18. The molecule has 0 aromatic heterocycles. The molecule has 0 saturated carbocycles. The fourth-order valence-corrected chi connectivity index (χ4v) is 3.25. The fraction of sp³-hybridized carbons (Fsp3) is 0.417. The summed E-state index contributed by atoms with van der Waals surface area (Å²) in [6.07, 6.45) is 1.18. The average Bonchev–Trinajstić information content (AvgIpc) is 2.33. The van der Waals surface area contributed by atoms with E-state index < -0.39 is 6.09 Å². The monoisotopic (exact) mass is 307 g/mol. The molecule has 0 atom stereocenters. The molecule has 1 aliphatic heterocycles. The highest BCUT2D eigenvalue weighted by Gasteiger charge is 2.27. The third-order valence-corrected chi connectivity index (χ3v) is 4.56. The van der Waals surface area contributed by atoms with Crippen LogP contribution in [0.5, 0.6) is 0 Å². The van der Waals surface area contributed by atoms with Gasteiger partial charge in [0.25, 0.3) is 0 Å². The minimum atomic E-state index is -0.722. The van der Waals surface area contributed by atoms with Gasteiger partial charge in [0.2, 0.25) is 0 Å². The molecule has 3 nitrogen and oxygen atoms in total. The number of thioether (sulfide) groups is 1. The summed E-state index contributed by atoms with van der Waals surface area (Å²) in [5.41, 5.74) is 0. The number of nitrogens with one attached hydrogen (secondary N) is 1. The Hall–Kier alpha value is -0.420. The van der Waals surface area contributed by atoms with E-state index in [-0.39, 0.29) is 12.4 Å². The van der Waals surface area contributed by atoms with E-state index in [2.05, 4.69) is 0 Å². The standard InChI is InChI=1S/C12H14ClNO2S.ClH/c13-9-1-3-10(4-2-9)17-11-5-7-14(8-6-11)12(15)16;/h1-4,11H,5-8H2,(H,15,16);1H. The van der Waals surface area contributed by atoms with Gasteiger partial charge in [-0.15, -0.1) is 11.8 Å². The lowest BCUT2D eigenvalue weighted by Gasteiger charge is -2.25. The average molecular weight is 308 g/mol. The van der Waals surface area contributed by atoms with Gasteiger partial charge in [-0.2, -0.15) is 4.79 Å². The Bertz CT molecular complexity index is 392. The van der Waals surface area contributed by atoms with Crippen LogP contribution in [0.2, 0.25) is 5.02 Å². The Morgan fingerprint density at radius 2 is 1.83 bits per heavy atom. The lowest BCUT2D eigenvalue weighted by atomic mass is 10.1. The molecular formula is C12H15Cl2NO2S. The lowest BCUT2D eigenvalue weighted by Crippen LogP contribution is -3.15. The van der Waals surface area contributed by atoms with Crippen molar-refractivity contribution in [2.75, 3.05) is 13.1 Å². The van der Waals surface area contributed by atoms with Crippen LogP contribution in [0.1, 0.15) is 12.8 Å². The van der Waals surface area contributed by atoms with Gasteiger partial charge in [-0.3, -0.25) is 0 Å². The molecule has 6 heteroatoms. The van der Waals surface area contributed by atoms with E-state index >= 15 is 0 Å². The molecule has 0 spiro atoms. The Morgan fingerprint density at radius 3 is 2.33 bits per heavy atom. The molecule has 1 saturated heterocycles. The molecule has 18 heavy (non-hydrogen) atoms. The first kappa shape index (κ1) is 15.6. The van der Waals surface area contributed by atoms with Crippen LogP contribution >= 0.6 is 23.4 Å². The van der Waals surface area contributed by atoms with Crippen molar-refractivity contribution in [2.45, 2.75) is 23.0 Å². The third kappa shape index (κ3) is 4.35. The van der Waals surface area contributed by atoms with E-state index in [4.69, 9.17) is 16.7 Å². The number of benzene rings is 1. The van der Waals surface area contributed by atoms with Crippen LogP contribution in [0.3, 0.4) is 0 Å². The maximum absolute atomic E-state index is 10.8. The lowest BCUT2D eigenvalue weighted by molar-refractivity contribution is -0.828. The first-order valence-electron chi connectivity index (χ1n) is 5.65. The number of carboxylic acid groups (broad SMARTS) is 1. The number of carbonyl (C=O) groups is 1. The summed E-state index contributed by atoms with van der Waals surface area (Å²) in [5.74, 6) is 0. The van der Waals surface area contributed by atoms with Gasteiger partial charge in [0.1, 0.15) is 0 Å². The van der Waals surface area contributed by atoms with Crippen LogP contribution < -0.4 is 17.3 Å². The predicted molar refractivity (Wildman–Crippen MR) is 69.1 cm³/mol. The van der Waals surface area contributed by atoms with E-state index in [0.717, 1.165) is 31.0 Å². The molecule has 1 aromatic rings. The molecule has 2 rings (SSSR count). The normalized spacial score (nSPS) is 23.2. The molecule has 2 N–H and O–H groups in total. The predicted octanol–water partition coefficient (Wildman–Crippen LogP) is -0.839. The van der Waals surface area contributed by atoms with Gasteiger partial charge in [0.15, 0.2) is 0 Å². The van der Waals surface area contributed by atoms with Gasteiger partial charge < -0.3 is 17.5 Å². The number of hydrogen-bond acceptors (Lipinski definition) is 2. The number of rotatable bonds is 2. The summed E-state index contributed by atoms with van der Waals surface area (Å²) >= 11 is 7.65. The molecule has 1 aromatic carbocycles. The van der Waals surface area contributed by atoms with Crippen molar-refractivity contribution in [1.29, 1.82) is 0 Å². The summed E-state index contributed by atoms with van der Waals surface area (Å²) in [5, 5.41) is 10.2. The van der Waals surface area contributed by atoms with Gasteiger partial charge in [-0.25, -0.2) is 4.90 Å². The highest BCUT2D eigenvalue weighted by atomic mass is 35.5. The summed E-state index contributed by atoms with van der Waals surface area (Å²) in [6, 6.07) is 7.82. The maximum atomic E-state index is 10.8. The molecule has 1 aliphatic rings. The number of amides is 1. The third-order valence-electron chi connectivity index (χ3n) is 2.96. The SMILES string of the molecule is O=C(O)[NH+]1CCC(Sc2ccc(Cl)cc2)CC1.[Cl-]. The van der Waals surface area contributed by atoms with Crippen molar-refractivity contribution in [3.05, 3.63) is 29.3 Å². The fourth-order valence-electron chi connectivity index (χ4n) is 1.98. The minimum absolute atomic E-state index is 0. The van der Waals surface area contributed by atoms with Crippen molar-refractivity contribution in [3.63, 3.8) is 0 Å². The van der Waals surface area contributed by atoms with E-state index in [0.29, 0.717) is 10.1 Å².